The molecule has 1 aliphatic carbocycles. The summed E-state index contributed by atoms with van der Waals surface area (Å²) in [7, 11) is 0. The van der Waals surface area contributed by atoms with E-state index in [1.807, 2.05) is 46.2 Å². The molecule has 4 aliphatic rings. The van der Waals surface area contributed by atoms with Crippen LogP contribution in [0, 0.1) is 5.41 Å². The lowest BCUT2D eigenvalue weighted by Gasteiger charge is -2.53. The number of benzene rings is 2. The van der Waals surface area contributed by atoms with Crippen molar-refractivity contribution in [1.82, 2.24) is 24.7 Å². The SMILES string of the molecule is O=C(N1CCC(O)(Cn2cnc(-c3ccc4c(c3)OCC4)cc2=O)C2(CCCC2)C1)N1CCNCC1c1ccccc1. The predicted octanol–water partition coefficient (Wildman–Crippen LogP) is 3.61. The third-order valence-electron chi connectivity index (χ3n) is 10.1. The molecule has 1 saturated carbocycles. The van der Waals surface area contributed by atoms with Gasteiger partial charge in [-0.2, -0.15) is 0 Å². The van der Waals surface area contributed by atoms with Gasteiger partial charge in [-0.1, -0.05) is 55.3 Å². The van der Waals surface area contributed by atoms with E-state index >= 15 is 0 Å². The Morgan fingerprint density at radius 2 is 1.90 bits per heavy atom. The lowest BCUT2D eigenvalue weighted by molar-refractivity contribution is -0.137. The van der Waals surface area contributed by atoms with Crippen molar-refractivity contribution in [3.8, 4) is 17.0 Å². The van der Waals surface area contributed by atoms with Crippen LogP contribution in [0.1, 0.15) is 49.3 Å². The highest BCUT2D eigenvalue weighted by Gasteiger charge is 2.56. The molecule has 1 aromatic heterocycles. The summed E-state index contributed by atoms with van der Waals surface area (Å²) in [4.78, 5) is 35.9. The number of nitrogens with one attached hydrogen (secondary N) is 1. The van der Waals surface area contributed by atoms with Crippen LogP contribution in [0.25, 0.3) is 11.3 Å². The van der Waals surface area contributed by atoms with Crippen molar-refractivity contribution < 1.29 is 14.6 Å². The number of piperazine rings is 1. The number of rotatable bonds is 4. The predicted molar refractivity (Wildman–Crippen MR) is 159 cm³/mol. The van der Waals surface area contributed by atoms with Gasteiger partial charge in [-0.05, 0) is 36.5 Å². The van der Waals surface area contributed by atoms with E-state index in [4.69, 9.17) is 4.74 Å². The van der Waals surface area contributed by atoms with Crippen molar-refractivity contribution >= 4 is 6.03 Å². The van der Waals surface area contributed by atoms with Crippen LogP contribution in [0.2, 0.25) is 0 Å². The number of ether oxygens (including phenoxy) is 1. The summed E-state index contributed by atoms with van der Waals surface area (Å²) in [5.74, 6) is 0.855. The van der Waals surface area contributed by atoms with E-state index in [2.05, 4.69) is 22.4 Å². The van der Waals surface area contributed by atoms with Gasteiger partial charge in [-0.25, -0.2) is 9.78 Å². The molecule has 2 saturated heterocycles. The molecule has 2 atom stereocenters. The largest absolute Gasteiger partial charge is 0.493 e. The molecule has 9 nitrogen and oxygen atoms in total. The number of carbonyl (C=O) groups is 1. The molecule has 7 rings (SSSR count). The Labute approximate surface area is 246 Å². The lowest BCUT2D eigenvalue weighted by Crippen LogP contribution is -2.64. The number of hydrogen-bond acceptors (Lipinski definition) is 6. The van der Waals surface area contributed by atoms with Gasteiger partial charge in [0.25, 0.3) is 5.56 Å². The van der Waals surface area contributed by atoms with Crippen LogP contribution in [0.5, 0.6) is 5.75 Å². The molecular weight excluding hydrogens is 530 g/mol. The first-order valence-corrected chi connectivity index (χ1v) is 15.3. The number of hydrogen-bond donors (Lipinski definition) is 2. The lowest BCUT2D eigenvalue weighted by atomic mass is 9.66. The number of urea groups is 1. The standard InChI is InChI=1S/C33H39N5O4/c39-30-19-27(26-9-8-25-10-17-42-29(25)18-26)35-23-37(30)22-33(41)13-15-36(21-32(33)11-4-5-12-32)31(40)38-16-14-34-20-28(38)24-6-2-1-3-7-24/h1-3,6-9,18-19,23,28,34,41H,4-5,10-17,20-22H2. The molecular formula is C33H39N5O4. The van der Waals surface area contributed by atoms with E-state index in [-0.39, 0.29) is 24.2 Å². The molecule has 0 radical (unpaired) electrons. The Balaban J connectivity index is 1.11. The van der Waals surface area contributed by atoms with Crippen molar-refractivity contribution in [2.45, 2.75) is 56.7 Å². The molecule has 4 heterocycles. The van der Waals surface area contributed by atoms with Crippen LogP contribution in [-0.2, 0) is 13.0 Å². The molecule has 220 valence electrons. The maximum absolute atomic E-state index is 14.0. The first-order valence-electron chi connectivity index (χ1n) is 15.3. The molecule has 9 heteroatoms. The monoisotopic (exact) mass is 569 g/mol. The fraction of sp³-hybridized carbons (Fsp3) is 0.485. The Bertz CT molecular complexity index is 1520. The van der Waals surface area contributed by atoms with Gasteiger partial charge in [0.15, 0.2) is 0 Å². The van der Waals surface area contributed by atoms with Crippen molar-refractivity contribution in [3.05, 3.63) is 82.4 Å². The Morgan fingerprint density at radius 3 is 2.71 bits per heavy atom. The molecule has 1 spiro atoms. The van der Waals surface area contributed by atoms with Crippen LogP contribution >= 0.6 is 0 Å². The second-order valence-corrected chi connectivity index (χ2v) is 12.5. The van der Waals surface area contributed by atoms with E-state index in [0.717, 1.165) is 62.1 Å². The van der Waals surface area contributed by atoms with Gasteiger partial charge in [0.2, 0.25) is 0 Å². The summed E-state index contributed by atoms with van der Waals surface area (Å²) in [5.41, 5.74) is 2.01. The fourth-order valence-electron chi connectivity index (χ4n) is 7.66. The van der Waals surface area contributed by atoms with Crippen molar-refractivity contribution in [3.63, 3.8) is 0 Å². The Kier molecular flexibility index (Phi) is 7.02. The highest BCUT2D eigenvalue weighted by molar-refractivity contribution is 5.75. The summed E-state index contributed by atoms with van der Waals surface area (Å²) in [6.45, 7) is 3.96. The number of piperidine rings is 1. The zero-order valence-corrected chi connectivity index (χ0v) is 24.0. The molecule has 3 fully saturated rings. The van der Waals surface area contributed by atoms with Crippen molar-refractivity contribution in [1.29, 1.82) is 0 Å². The molecule has 3 aromatic rings. The van der Waals surface area contributed by atoms with E-state index in [0.29, 0.717) is 38.4 Å². The maximum atomic E-state index is 14.0. The maximum Gasteiger partial charge on any atom is 0.320 e. The number of aliphatic hydroxyl groups is 1. The minimum Gasteiger partial charge on any atom is -0.493 e. The highest BCUT2D eigenvalue weighted by atomic mass is 16.5. The quantitative estimate of drug-likeness (QED) is 0.498. The minimum atomic E-state index is -1.10. The van der Waals surface area contributed by atoms with Crippen LogP contribution in [0.3, 0.4) is 0 Å². The first kappa shape index (κ1) is 27.2. The smallest absolute Gasteiger partial charge is 0.320 e. The Hall–Kier alpha value is -3.69. The van der Waals surface area contributed by atoms with Crippen molar-refractivity contribution in [2.24, 2.45) is 5.41 Å². The average molecular weight is 570 g/mol. The highest BCUT2D eigenvalue weighted by Crippen LogP contribution is 2.52. The first-order chi connectivity index (χ1) is 20.4. The Morgan fingerprint density at radius 1 is 1.07 bits per heavy atom. The van der Waals surface area contributed by atoms with Gasteiger partial charge in [-0.3, -0.25) is 9.36 Å². The number of aromatic nitrogens is 2. The number of fused-ring (bicyclic) bond motifs is 1. The van der Waals surface area contributed by atoms with Crippen LogP contribution in [0.4, 0.5) is 4.79 Å². The van der Waals surface area contributed by atoms with E-state index in [9.17, 15) is 14.7 Å². The van der Waals surface area contributed by atoms with Gasteiger partial charge in [0.05, 0.1) is 36.8 Å². The third kappa shape index (κ3) is 4.78. The molecule has 0 bridgehead atoms. The van der Waals surface area contributed by atoms with Crippen LogP contribution < -0.4 is 15.6 Å². The van der Waals surface area contributed by atoms with E-state index in [1.54, 1.807) is 17.0 Å². The van der Waals surface area contributed by atoms with E-state index < -0.39 is 11.0 Å². The number of amides is 2. The van der Waals surface area contributed by atoms with E-state index in [1.165, 1.54) is 5.56 Å². The van der Waals surface area contributed by atoms with Gasteiger partial charge in [-0.15, -0.1) is 0 Å². The van der Waals surface area contributed by atoms with Crippen LogP contribution in [-0.4, -0.2) is 75.4 Å². The summed E-state index contributed by atoms with van der Waals surface area (Å²) in [5, 5.41) is 15.7. The summed E-state index contributed by atoms with van der Waals surface area (Å²) in [6, 6.07) is 17.7. The number of carbonyl (C=O) groups excluding carboxylic acids is 1. The zero-order valence-electron chi connectivity index (χ0n) is 24.0. The summed E-state index contributed by atoms with van der Waals surface area (Å²) in [6.07, 6.45) is 6.59. The normalized spacial score (nSPS) is 24.9. The molecule has 2 N–H and O–H groups in total. The summed E-state index contributed by atoms with van der Waals surface area (Å²) < 4.78 is 7.24. The zero-order chi connectivity index (χ0) is 28.7. The van der Waals surface area contributed by atoms with Gasteiger partial charge >= 0.3 is 6.03 Å². The molecule has 2 unspecified atom stereocenters. The van der Waals surface area contributed by atoms with Crippen molar-refractivity contribution in [2.75, 3.05) is 39.3 Å². The van der Waals surface area contributed by atoms with Gasteiger partial charge < -0.3 is 25.0 Å². The molecule has 3 aliphatic heterocycles. The minimum absolute atomic E-state index is 0.0202. The number of nitrogens with zero attached hydrogens (tertiary/aromatic N) is 4. The average Bonchev–Trinajstić information content (AvgIpc) is 3.70. The number of likely N-dealkylation sites (tertiary alicyclic amines) is 1. The van der Waals surface area contributed by atoms with Crippen LogP contribution in [0.15, 0.2) is 65.7 Å². The van der Waals surface area contributed by atoms with Gasteiger partial charge in [0, 0.05) is 56.2 Å². The fourth-order valence-corrected chi connectivity index (χ4v) is 7.66. The molecule has 2 aromatic carbocycles. The third-order valence-corrected chi connectivity index (χ3v) is 10.1. The topological polar surface area (TPSA) is 99.9 Å². The second-order valence-electron chi connectivity index (χ2n) is 12.5. The van der Waals surface area contributed by atoms with Gasteiger partial charge in [0.1, 0.15) is 5.75 Å². The molecule has 42 heavy (non-hydrogen) atoms. The second kappa shape index (κ2) is 10.9. The summed E-state index contributed by atoms with van der Waals surface area (Å²) >= 11 is 0. The molecule has 2 amide bonds.